The lowest BCUT2D eigenvalue weighted by Gasteiger charge is -2.13. The third-order valence-electron chi connectivity index (χ3n) is 3.23. The van der Waals surface area contributed by atoms with Gasteiger partial charge in [-0.3, -0.25) is 4.90 Å². The van der Waals surface area contributed by atoms with E-state index in [0.717, 1.165) is 43.1 Å². The summed E-state index contributed by atoms with van der Waals surface area (Å²) in [6, 6.07) is 2.06. The van der Waals surface area contributed by atoms with Gasteiger partial charge in [0, 0.05) is 32.3 Å². The Kier molecular flexibility index (Phi) is 3.63. The van der Waals surface area contributed by atoms with Crippen LogP contribution < -0.4 is 5.73 Å². The van der Waals surface area contributed by atoms with E-state index in [0.29, 0.717) is 12.6 Å². The average molecular weight is 224 g/mol. The van der Waals surface area contributed by atoms with Crippen LogP contribution in [-0.4, -0.2) is 31.2 Å². The largest absolute Gasteiger partial charge is 0.465 e. The molecule has 0 aliphatic carbocycles. The van der Waals surface area contributed by atoms with E-state index < -0.39 is 0 Å². The van der Waals surface area contributed by atoms with Crippen molar-refractivity contribution in [3.63, 3.8) is 0 Å². The molecule has 0 aromatic carbocycles. The number of hydrogen-bond donors (Lipinski definition) is 1. The number of ether oxygens (including phenoxy) is 1. The van der Waals surface area contributed by atoms with Gasteiger partial charge in [-0.2, -0.15) is 0 Å². The Morgan fingerprint density at radius 1 is 1.62 bits per heavy atom. The maximum Gasteiger partial charge on any atom is 0.118 e. The molecule has 2 rings (SSSR count). The van der Waals surface area contributed by atoms with E-state index in [1.807, 2.05) is 6.92 Å². The smallest absolute Gasteiger partial charge is 0.118 e. The molecule has 2 N–H and O–H groups in total. The fourth-order valence-electron chi connectivity index (χ4n) is 2.22. The molecule has 1 fully saturated rings. The van der Waals surface area contributed by atoms with Gasteiger partial charge < -0.3 is 14.9 Å². The van der Waals surface area contributed by atoms with E-state index in [4.69, 9.17) is 14.9 Å². The second kappa shape index (κ2) is 4.99. The maximum atomic E-state index is 5.67. The van der Waals surface area contributed by atoms with E-state index >= 15 is 0 Å². The van der Waals surface area contributed by atoms with Crippen LogP contribution in [0.2, 0.25) is 0 Å². The van der Waals surface area contributed by atoms with Crippen molar-refractivity contribution in [3.05, 3.63) is 23.2 Å². The molecule has 1 atom stereocenters. The third-order valence-corrected chi connectivity index (χ3v) is 3.23. The summed E-state index contributed by atoms with van der Waals surface area (Å²) in [5.74, 6) is 1.95. The summed E-state index contributed by atoms with van der Waals surface area (Å²) < 4.78 is 11.0. The van der Waals surface area contributed by atoms with Crippen LogP contribution in [0.5, 0.6) is 0 Å². The molecule has 1 aliphatic heterocycles. The molecule has 1 aromatic heterocycles. The molecule has 1 saturated heterocycles. The highest BCUT2D eigenvalue weighted by molar-refractivity contribution is 5.20. The Labute approximate surface area is 96.4 Å². The van der Waals surface area contributed by atoms with Gasteiger partial charge in [0.05, 0.1) is 12.6 Å². The molecule has 90 valence electrons. The number of nitrogens with two attached hydrogens (primary N) is 1. The zero-order valence-electron chi connectivity index (χ0n) is 10.0. The van der Waals surface area contributed by atoms with Gasteiger partial charge in [-0.25, -0.2) is 0 Å². The van der Waals surface area contributed by atoms with E-state index in [9.17, 15) is 0 Å². The van der Waals surface area contributed by atoms with E-state index in [-0.39, 0.29) is 0 Å². The third kappa shape index (κ3) is 2.45. The first-order valence-electron chi connectivity index (χ1n) is 5.76. The molecule has 4 heteroatoms. The van der Waals surface area contributed by atoms with Crippen LogP contribution in [-0.2, 0) is 17.8 Å². The van der Waals surface area contributed by atoms with Gasteiger partial charge >= 0.3 is 0 Å². The lowest BCUT2D eigenvalue weighted by molar-refractivity contribution is 0.106. The van der Waals surface area contributed by atoms with E-state index in [2.05, 4.69) is 11.0 Å². The number of methoxy groups -OCH3 is 1. The van der Waals surface area contributed by atoms with Crippen LogP contribution in [0.1, 0.15) is 23.5 Å². The van der Waals surface area contributed by atoms with Crippen molar-refractivity contribution < 1.29 is 9.15 Å². The zero-order chi connectivity index (χ0) is 11.5. The standard InChI is InChI=1S/C12H20N2O2/c1-9-10(6-13)5-12(16-9)8-14-4-3-11(7-14)15-2/h5,11H,3-4,6-8,13H2,1-2H3. The summed E-state index contributed by atoms with van der Waals surface area (Å²) in [7, 11) is 1.78. The van der Waals surface area contributed by atoms with Gasteiger partial charge in [0.15, 0.2) is 0 Å². The molecule has 0 bridgehead atoms. The van der Waals surface area contributed by atoms with Gasteiger partial charge in [0.1, 0.15) is 11.5 Å². The van der Waals surface area contributed by atoms with Crippen LogP contribution in [0, 0.1) is 6.92 Å². The summed E-state index contributed by atoms with van der Waals surface area (Å²) in [5.41, 5.74) is 6.73. The second-order valence-corrected chi connectivity index (χ2v) is 4.38. The number of furan rings is 1. The molecule has 0 saturated carbocycles. The highest BCUT2D eigenvalue weighted by Crippen LogP contribution is 2.19. The van der Waals surface area contributed by atoms with Crippen LogP contribution >= 0.6 is 0 Å². The van der Waals surface area contributed by atoms with Crippen molar-refractivity contribution in [3.8, 4) is 0 Å². The number of hydrogen-bond acceptors (Lipinski definition) is 4. The summed E-state index contributed by atoms with van der Waals surface area (Å²) in [6.45, 7) is 5.45. The number of likely N-dealkylation sites (tertiary alicyclic amines) is 1. The summed E-state index contributed by atoms with van der Waals surface area (Å²) in [4.78, 5) is 2.35. The van der Waals surface area contributed by atoms with Crippen molar-refractivity contribution >= 4 is 0 Å². The Hall–Kier alpha value is -0.840. The van der Waals surface area contributed by atoms with Crippen LogP contribution in [0.3, 0.4) is 0 Å². The van der Waals surface area contributed by atoms with Gasteiger partial charge in [0.25, 0.3) is 0 Å². The number of aryl methyl sites for hydroxylation is 1. The SMILES string of the molecule is COC1CCN(Cc2cc(CN)c(C)o2)C1. The predicted octanol–water partition coefficient (Wildman–Crippen LogP) is 1.27. The molecule has 0 radical (unpaired) electrons. The number of nitrogens with zero attached hydrogens (tertiary/aromatic N) is 1. The van der Waals surface area contributed by atoms with Crippen molar-refractivity contribution in [2.24, 2.45) is 5.73 Å². The molecule has 1 aromatic rings. The van der Waals surface area contributed by atoms with Gasteiger partial charge in [-0.15, -0.1) is 0 Å². The van der Waals surface area contributed by atoms with Crippen LogP contribution in [0.25, 0.3) is 0 Å². The molecule has 2 heterocycles. The van der Waals surface area contributed by atoms with E-state index in [1.54, 1.807) is 7.11 Å². The van der Waals surface area contributed by atoms with Crippen LogP contribution in [0.4, 0.5) is 0 Å². The number of rotatable bonds is 4. The van der Waals surface area contributed by atoms with Crippen molar-refractivity contribution in [1.82, 2.24) is 4.90 Å². The van der Waals surface area contributed by atoms with Gasteiger partial charge in [-0.05, 0) is 19.4 Å². The summed E-state index contributed by atoms with van der Waals surface area (Å²) in [6.07, 6.45) is 1.49. The molecule has 0 amide bonds. The Morgan fingerprint density at radius 3 is 3.00 bits per heavy atom. The lowest BCUT2D eigenvalue weighted by atomic mass is 10.2. The first-order chi connectivity index (χ1) is 7.72. The summed E-state index contributed by atoms with van der Waals surface area (Å²) >= 11 is 0. The first kappa shape index (κ1) is 11.6. The van der Waals surface area contributed by atoms with Crippen molar-refractivity contribution in [2.45, 2.75) is 32.5 Å². The fraction of sp³-hybridized carbons (Fsp3) is 0.667. The fourth-order valence-corrected chi connectivity index (χ4v) is 2.22. The highest BCUT2D eigenvalue weighted by Gasteiger charge is 2.22. The minimum Gasteiger partial charge on any atom is -0.465 e. The van der Waals surface area contributed by atoms with Crippen molar-refractivity contribution in [1.29, 1.82) is 0 Å². The highest BCUT2D eigenvalue weighted by atomic mass is 16.5. The zero-order valence-corrected chi connectivity index (χ0v) is 10.0. The molecule has 0 spiro atoms. The molecule has 4 nitrogen and oxygen atoms in total. The minimum atomic E-state index is 0.380. The Bertz CT molecular complexity index is 349. The molecule has 1 unspecified atom stereocenters. The quantitative estimate of drug-likeness (QED) is 0.836. The normalized spacial score (nSPS) is 21.8. The first-order valence-corrected chi connectivity index (χ1v) is 5.76. The minimum absolute atomic E-state index is 0.380. The maximum absolute atomic E-state index is 5.67. The van der Waals surface area contributed by atoms with Gasteiger partial charge in [-0.1, -0.05) is 0 Å². The molecular formula is C12H20N2O2. The topological polar surface area (TPSA) is 51.6 Å². The van der Waals surface area contributed by atoms with Gasteiger partial charge in [0.2, 0.25) is 0 Å². The molecular weight excluding hydrogens is 204 g/mol. The van der Waals surface area contributed by atoms with Crippen LogP contribution in [0.15, 0.2) is 10.5 Å². The average Bonchev–Trinajstić information content (AvgIpc) is 2.85. The molecule has 16 heavy (non-hydrogen) atoms. The van der Waals surface area contributed by atoms with E-state index in [1.165, 1.54) is 0 Å². The van der Waals surface area contributed by atoms with Crippen molar-refractivity contribution in [2.75, 3.05) is 20.2 Å². The Morgan fingerprint density at radius 2 is 2.44 bits per heavy atom. The second-order valence-electron chi connectivity index (χ2n) is 4.38. The molecule has 1 aliphatic rings. The summed E-state index contributed by atoms with van der Waals surface area (Å²) in [5, 5.41) is 0. The Balaban J connectivity index is 1.94. The monoisotopic (exact) mass is 224 g/mol. The lowest BCUT2D eigenvalue weighted by Crippen LogP contribution is -2.22. The predicted molar refractivity (Wildman–Crippen MR) is 62.0 cm³/mol.